The highest BCUT2D eigenvalue weighted by Crippen LogP contribution is 2.34. The summed E-state index contributed by atoms with van der Waals surface area (Å²) in [7, 11) is 1.51. The van der Waals surface area contributed by atoms with Gasteiger partial charge < -0.3 is 24.7 Å². The second kappa shape index (κ2) is 5.90. The standard InChI is InChI=1S/C13H17NO5/c1-3-17-12(15)8-7-11(16-2)9(6-10(8)14)13-18-4-5-19-13/h6-7,13H,3-5,14H2,1-2H3. The first kappa shape index (κ1) is 13.6. The van der Waals surface area contributed by atoms with Crippen molar-refractivity contribution in [2.45, 2.75) is 13.2 Å². The number of carbonyl (C=O) groups is 1. The van der Waals surface area contributed by atoms with E-state index < -0.39 is 12.3 Å². The van der Waals surface area contributed by atoms with Gasteiger partial charge in [-0.2, -0.15) is 0 Å². The van der Waals surface area contributed by atoms with Crippen LogP contribution in [0.2, 0.25) is 0 Å². The van der Waals surface area contributed by atoms with E-state index in [0.29, 0.717) is 30.2 Å². The lowest BCUT2D eigenvalue weighted by Crippen LogP contribution is -2.11. The number of hydrogen-bond acceptors (Lipinski definition) is 6. The first-order valence-electron chi connectivity index (χ1n) is 6.05. The summed E-state index contributed by atoms with van der Waals surface area (Å²) in [6.45, 7) is 3.07. The zero-order chi connectivity index (χ0) is 13.8. The quantitative estimate of drug-likeness (QED) is 0.657. The number of rotatable bonds is 4. The number of esters is 1. The molecule has 1 saturated heterocycles. The highest BCUT2D eigenvalue weighted by Gasteiger charge is 2.25. The van der Waals surface area contributed by atoms with Crippen LogP contribution in [0.4, 0.5) is 5.69 Å². The van der Waals surface area contributed by atoms with Gasteiger partial charge in [0.15, 0.2) is 6.29 Å². The third-order valence-electron chi connectivity index (χ3n) is 2.77. The summed E-state index contributed by atoms with van der Waals surface area (Å²) >= 11 is 0. The Morgan fingerprint density at radius 2 is 2.11 bits per heavy atom. The summed E-state index contributed by atoms with van der Waals surface area (Å²) in [4.78, 5) is 11.7. The maximum atomic E-state index is 11.7. The van der Waals surface area contributed by atoms with Crippen molar-refractivity contribution in [3.8, 4) is 5.75 Å². The number of benzene rings is 1. The molecule has 0 unspecified atom stereocenters. The van der Waals surface area contributed by atoms with Crippen molar-refractivity contribution in [2.75, 3.05) is 32.7 Å². The second-order valence-electron chi connectivity index (χ2n) is 3.98. The molecule has 0 amide bonds. The van der Waals surface area contributed by atoms with Crippen molar-refractivity contribution < 1.29 is 23.7 Å². The fraction of sp³-hybridized carbons (Fsp3) is 0.462. The molecule has 2 rings (SSSR count). The van der Waals surface area contributed by atoms with Crippen LogP contribution in [0.25, 0.3) is 0 Å². The highest BCUT2D eigenvalue weighted by atomic mass is 16.7. The Labute approximate surface area is 111 Å². The average molecular weight is 267 g/mol. The molecule has 2 N–H and O–H groups in total. The highest BCUT2D eigenvalue weighted by molar-refractivity contribution is 5.95. The van der Waals surface area contributed by atoms with Gasteiger partial charge in [-0.05, 0) is 19.1 Å². The molecule has 104 valence electrons. The first-order chi connectivity index (χ1) is 9.17. The molecule has 6 nitrogen and oxygen atoms in total. The molecule has 0 radical (unpaired) electrons. The fourth-order valence-corrected chi connectivity index (χ4v) is 1.90. The predicted molar refractivity (Wildman–Crippen MR) is 68.0 cm³/mol. The second-order valence-corrected chi connectivity index (χ2v) is 3.98. The van der Waals surface area contributed by atoms with Crippen LogP contribution >= 0.6 is 0 Å². The van der Waals surface area contributed by atoms with Gasteiger partial charge in [-0.3, -0.25) is 0 Å². The third-order valence-corrected chi connectivity index (χ3v) is 2.77. The van der Waals surface area contributed by atoms with Crippen molar-refractivity contribution in [1.29, 1.82) is 0 Å². The van der Waals surface area contributed by atoms with E-state index in [-0.39, 0.29) is 12.2 Å². The molecule has 0 saturated carbocycles. The number of hydrogen-bond donors (Lipinski definition) is 1. The molecule has 0 bridgehead atoms. The minimum absolute atomic E-state index is 0.278. The van der Waals surface area contributed by atoms with Crippen molar-refractivity contribution in [3.05, 3.63) is 23.3 Å². The summed E-state index contributed by atoms with van der Waals surface area (Å²) in [5.74, 6) is 0.0160. The molecule has 0 aliphatic carbocycles. The summed E-state index contributed by atoms with van der Waals surface area (Å²) in [6, 6.07) is 3.18. The van der Waals surface area contributed by atoms with Gasteiger partial charge in [0.2, 0.25) is 0 Å². The van der Waals surface area contributed by atoms with Gasteiger partial charge in [-0.15, -0.1) is 0 Å². The van der Waals surface area contributed by atoms with Crippen molar-refractivity contribution in [1.82, 2.24) is 0 Å². The number of nitrogen functional groups attached to an aromatic ring is 1. The van der Waals surface area contributed by atoms with Crippen LogP contribution in [0.3, 0.4) is 0 Å². The van der Waals surface area contributed by atoms with Crippen molar-refractivity contribution in [3.63, 3.8) is 0 Å². The van der Waals surface area contributed by atoms with Gasteiger partial charge in [-0.25, -0.2) is 4.79 Å². The molecular formula is C13H17NO5. The van der Waals surface area contributed by atoms with E-state index in [1.807, 2.05) is 0 Å². The third kappa shape index (κ3) is 2.80. The molecule has 0 aromatic heterocycles. The molecule has 1 aromatic rings. The Hall–Kier alpha value is -1.79. The Bertz CT molecular complexity index is 468. The van der Waals surface area contributed by atoms with Crippen LogP contribution in [-0.2, 0) is 14.2 Å². The predicted octanol–water partition coefficient (Wildman–Crippen LogP) is 1.50. The van der Waals surface area contributed by atoms with Crippen LogP contribution in [0.5, 0.6) is 5.75 Å². The molecule has 1 heterocycles. The molecule has 0 spiro atoms. The van der Waals surface area contributed by atoms with Crippen LogP contribution in [0.1, 0.15) is 29.1 Å². The zero-order valence-electron chi connectivity index (χ0n) is 11.0. The first-order valence-corrected chi connectivity index (χ1v) is 6.05. The van der Waals surface area contributed by atoms with E-state index in [4.69, 9.17) is 24.7 Å². The fourth-order valence-electron chi connectivity index (χ4n) is 1.90. The van der Waals surface area contributed by atoms with Gasteiger partial charge in [0.25, 0.3) is 0 Å². The molecule has 1 aliphatic heterocycles. The molecule has 0 atom stereocenters. The lowest BCUT2D eigenvalue weighted by molar-refractivity contribution is -0.0454. The van der Waals surface area contributed by atoms with Crippen LogP contribution in [-0.4, -0.2) is 32.9 Å². The maximum Gasteiger partial charge on any atom is 0.340 e. The van der Waals surface area contributed by atoms with Crippen LogP contribution in [0.15, 0.2) is 12.1 Å². The van der Waals surface area contributed by atoms with E-state index in [1.54, 1.807) is 19.1 Å². The topological polar surface area (TPSA) is 80.0 Å². The van der Waals surface area contributed by atoms with Crippen LogP contribution < -0.4 is 10.5 Å². The van der Waals surface area contributed by atoms with E-state index in [9.17, 15) is 4.79 Å². The number of carbonyl (C=O) groups excluding carboxylic acids is 1. The largest absolute Gasteiger partial charge is 0.496 e. The summed E-state index contributed by atoms with van der Waals surface area (Å²) in [5, 5.41) is 0. The molecule has 1 aromatic carbocycles. The Morgan fingerprint density at radius 1 is 1.42 bits per heavy atom. The molecule has 1 fully saturated rings. The Balaban J connectivity index is 2.36. The Kier molecular flexibility index (Phi) is 4.24. The van der Waals surface area contributed by atoms with Gasteiger partial charge in [0.05, 0.1) is 38.1 Å². The number of nitrogens with two attached hydrogens (primary N) is 1. The van der Waals surface area contributed by atoms with E-state index in [1.165, 1.54) is 7.11 Å². The van der Waals surface area contributed by atoms with E-state index >= 15 is 0 Å². The number of methoxy groups -OCH3 is 1. The monoisotopic (exact) mass is 267 g/mol. The van der Waals surface area contributed by atoms with Crippen LogP contribution in [0, 0.1) is 0 Å². The van der Waals surface area contributed by atoms with Gasteiger partial charge in [0, 0.05) is 5.69 Å². The summed E-state index contributed by atoms with van der Waals surface area (Å²) in [6.07, 6.45) is -0.506. The smallest absolute Gasteiger partial charge is 0.340 e. The van der Waals surface area contributed by atoms with Gasteiger partial charge in [0.1, 0.15) is 5.75 Å². The molecule has 1 aliphatic rings. The molecule has 6 heteroatoms. The lowest BCUT2D eigenvalue weighted by atomic mass is 10.1. The normalized spacial score (nSPS) is 15.5. The summed E-state index contributed by atoms with van der Waals surface area (Å²) < 4.78 is 21.0. The number of ether oxygens (including phenoxy) is 4. The maximum absolute atomic E-state index is 11.7. The van der Waals surface area contributed by atoms with E-state index in [0.717, 1.165) is 0 Å². The SMILES string of the molecule is CCOC(=O)c1cc(OC)c(C2OCCO2)cc1N. The molecular weight excluding hydrogens is 250 g/mol. The van der Waals surface area contributed by atoms with Gasteiger partial charge in [-0.1, -0.05) is 0 Å². The zero-order valence-corrected chi connectivity index (χ0v) is 11.0. The van der Waals surface area contributed by atoms with Gasteiger partial charge >= 0.3 is 5.97 Å². The van der Waals surface area contributed by atoms with Crippen molar-refractivity contribution in [2.24, 2.45) is 0 Å². The lowest BCUT2D eigenvalue weighted by Gasteiger charge is -2.16. The average Bonchev–Trinajstić information content (AvgIpc) is 2.92. The van der Waals surface area contributed by atoms with Crippen molar-refractivity contribution >= 4 is 11.7 Å². The van der Waals surface area contributed by atoms with E-state index in [2.05, 4.69) is 0 Å². The minimum atomic E-state index is -0.506. The summed E-state index contributed by atoms with van der Waals surface area (Å²) in [5.41, 5.74) is 7.14. The Morgan fingerprint density at radius 3 is 2.68 bits per heavy atom. The number of anilines is 1. The molecule has 19 heavy (non-hydrogen) atoms. The minimum Gasteiger partial charge on any atom is -0.496 e.